The van der Waals surface area contributed by atoms with Gasteiger partial charge in [-0.1, -0.05) is 18.2 Å². The summed E-state index contributed by atoms with van der Waals surface area (Å²) in [4.78, 5) is 0. The van der Waals surface area contributed by atoms with Gasteiger partial charge in [0.15, 0.2) is 0 Å². The minimum Gasteiger partial charge on any atom is -0.376 e. The van der Waals surface area contributed by atoms with E-state index < -0.39 is 0 Å². The third-order valence-electron chi connectivity index (χ3n) is 1.65. The quantitative estimate of drug-likeness (QED) is 0.676. The Balaban J connectivity index is 2.32. The van der Waals surface area contributed by atoms with E-state index in [1.165, 1.54) is 6.07 Å². The molecule has 0 aliphatic heterocycles. The summed E-state index contributed by atoms with van der Waals surface area (Å²) < 4.78 is 18.3. The highest BCUT2D eigenvalue weighted by Crippen LogP contribution is 2.07. The van der Waals surface area contributed by atoms with E-state index in [0.29, 0.717) is 18.8 Å². The highest BCUT2D eigenvalue weighted by Gasteiger charge is 1.99. The molecule has 0 saturated heterocycles. The van der Waals surface area contributed by atoms with Crippen LogP contribution in [0.25, 0.3) is 0 Å². The Kier molecular flexibility index (Phi) is 4.86. The molecule has 1 nitrogen and oxygen atoms in total. The molecule has 0 amide bonds. The van der Waals surface area contributed by atoms with E-state index in [2.05, 4.69) is 0 Å². The van der Waals surface area contributed by atoms with Gasteiger partial charge in [-0.3, -0.25) is 0 Å². The van der Waals surface area contributed by atoms with Crippen molar-refractivity contribution in [1.29, 1.82) is 0 Å². The first kappa shape index (κ1) is 10.5. The van der Waals surface area contributed by atoms with Gasteiger partial charge in [-0.15, -0.1) is 0 Å². The van der Waals surface area contributed by atoms with E-state index in [1.807, 2.05) is 12.3 Å². The average Bonchev–Trinajstić information content (AvgIpc) is 2.15. The number of ether oxygens (including phenoxy) is 1. The second kappa shape index (κ2) is 6.00. The lowest BCUT2D eigenvalue weighted by atomic mass is 10.2. The number of benzene rings is 1. The van der Waals surface area contributed by atoms with Gasteiger partial charge < -0.3 is 4.74 Å². The Morgan fingerprint density at radius 3 is 2.85 bits per heavy atom. The molecule has 0 spiro atoms. The molecular formula is C10H13FOS. The molecule has 0 heterocycles. The van der Waals surface area contributed by atoms with Crippen LogP contribution in [0.2, 0.25) is 0 Å². The van der Waals surface area contributed by atoms with E-state index in [-0.39, 0.29) is 5.82 Å². The van der Waals surface area contributed by atoms with Gasteiger partial charge in [-0.2, -0.15) is 11.8 Å². The monoisotopic (exact) mass is 200 g/mol. The molecule has 0 aliphatic carbocycles. The zero-order valence-electron chi connectivity index (χ0n) is 7.63. The van der Waals surface area contributed by atoms with Crippen LogP contribution in [0, 0.1) is 5.82 Å². The van der Waals surface area contributed by atoms with Crippen LogP contribution in [0.15, 0.2) is 24.3 Å². The van der Waals surface area contributed by atoms with Crippen LogP contribution < -0.4 is 0 Å². The lowest BCUT2D eigenvalue weighted by Crippen LogP contribution is -1.99. The van der Waals surface area contributed by atoms with Crippen molar-refractivity contribution in [2.75, 3.05) is 18.6 Å². The first-order valence-electron chi connectivity index (χ1n) is 4.14. The Hall–Kier alpha value is -0.540. The summed E-state index contributed by atoms with van der Waals surface area (Å²) in [6.07, 6.45) is 2.02. The molecule has 0 aliphatic rings. The Bertz CT molecular complexity index is 252. The minimum atomic E-state index is -0.188. The first-order chi connectivity index (χ1) is 6.34. The van der Waals surface area contributed by atoms with Crippen LogP contribution in [0.1, 0.15) is 5.56 Å². The summed E-state index contributed by atoms with van der Waals surface area (Å²) in [5.74, 6) is 0.765. The van der Waals surface area contributed by atoms with Crippen molar-refractivity contribution in [3.63, 3.8) is 0 Å². The zero-order valence-corrected chi connectivity index (χ0v) is 8.44. The maximum absolute atomic E-state index is 13.0. The largest absolute Gasteiger partial charge is 0.376 e. The van der Waals surface area contributed by atoms with Crippen LogP contribution >= 0.6 is 11.8 Å². The van der Waals surface area contributed by atoms with Gasteiger partial charge in [0, 0.05) is 11.3 Å². The summed E-state index contributed by atoms with van der Waals surface area (Å²) in [6, 6.07) is 6.69. The fraction of sp³-hybridized carbons (Fsp3) is 0.400. The molecule has 0 fully saturated rings. The van der Waals surface area contributed by atoms with Crippen molar-refractivity contribution >= 4 is 11.8 Å². The normalized spacial score (nSPS) is 10.3. The maximum Gasteiger partial charge on any atom is 0.128 e. The highest BCUT2D eigenvalue weighted by molar-refractivity contribution is 7.98. The number of hydrogen-bond donors (Lipinski definition) is 0. The van der Waals surface area contributed by atoms with E-state index in [9.17, 15) is 4.39 Å². The van der Waals surface area contributed by atoms with Gasteiger partial charge in [0.1, 0.15) is 5.82 Å². The lowest BCUT2D eigenvalue weighted by molar-refractivity contribution is 0.134. The predicted molar refractivity (Wildman–Crippen MR) is 54.4 cm³/mol. The van der Waals surface area contributed by atoms with Crippen LogP contribution in [0.4, 0.5) is 4.39 Å². The van der Waals surface area contributed by atoms with E-state index in [4.69, 9.17) is 4.74 Å². The molecule has 3 heteroatoms. The third kappa shape index (κ3) is 3.79. The van der Waals surface area contributed by atoms with Gasteiger partial charge in [0.2, 0.25) is 0 Å². The maximum atomic E-state index is 13.0. The van der Waals surface area contributed by atoms with Gasteiger partial charge >= 0.3 is 0 Å². The number of rotatable bonds is 5. The lowest BCUT2D eigenvalue weighted by Gasteiger charge is -2.03. The smallest absolute Gasteiger partial charge is 0.128 e. The second-order valence-corrected chi connectivity index (χ2v) is 3.62. The number of thioether (sulfide) groups is 1. The fourth-order valence-electron chi connectivity index (χ4n) is 0.940. The second-order valence-electron chi connectivity index (χ2n) is 2.64. The van der Waals surface area contributed by atoms with Gasteiger partial charge in [-0.05, 0) is 12.3 Å². The van der Waals surface area contributed by atoms with E-state index in [0.717, 1.165) is 5.75 Å². The van der Waals surface area contributed by atoms with Crippen molar-refractivity contribution < 1.29 is 9.13 Å². The Morgan fingerprint density at radius 2 is 2.15 bits per heavy atom. The molecule has 1 aromatic rings. The summed E-state index contributed by atoms with van der Waals surface area (Å²) >= 11 is 1.72. The van der Waals surface area contributed by atoms with Gasteiger partial charge in [-0.25, -0.2) is 4.39 Å². The van der Waals surface area contributed by atoms with Crippen molar-refractivity contribution in [1.82, 2.24) is 0 Å². The number of halogens is 1. The van der Waals surface area contributed by atoms with Crippen molar-refractivity contribution in [3.8, 4) is 0 Å². The van der Waals surface area contributed by atoms with Gasteiger partial charge in [0.25, 0.3) is 0 Å². The van der Waals surface area contributed by atoms with E-state index in [1.54, 1.807) is 23.9 Å². The summed E-state index contributed by atoms with van der Waals surface area (Å²) in [5, 5.41) is 0. The molecule has 13 heavy (non-hydrogen) atoms. The highest BCUT2D eigenvalue weighted by atomic mass is 32.2. The number of hydrogen-bond acceptors (Lipinski definition) is 2. The van der Waals surface area contributed by atoms with Crippen molar-refractivity contribution in [2.45, 2.75) is 6.61 Å². The summed E-state index contributed by atoms with van der Waals surface area (Å²) in [6.45, 7) is 1.04. The Morgan fingerprint density at radius 1 is 1.38 bits per heavy atom. The van der Waals surface area contributed by atoms with Crippen LogP contribution in [-0.4, -0.2) is 18.6 Å². The van der Waals surface area contributed by atoms with E-state index >= 15 is 0 Å². The topological polar surface area (TPSA) is 9.23 Å². The Labute approximate surface area is 82.3 Å². The van der Waals surface area contributed by atoms with Crippen LogP contribution in [-0.2, 0) is 11.3 Å². The molecule has 0 bridgehead atoms. The first-order valence-corrected chi connectivity index (χ1v) is 5.54. The average molecular weight is 200 g/mol. The molecule has 0 radical (unpaired) electrons. The zero-order chi connectivity index (χ0) is 9.52. The minimum absolute atomic E-state index is 0.188. The van der Waals surface area contributed by atoms with Crippen molar-refractivity contribution in [2.24, 2.45) is 0 Å². The fourth-order valence-corrected chi connectivity index (χ4v) is 1.22. The molecule has 72 valence electrons. The molecule has 0 atom stereocenters. The molecule has 0 aromatic heterocycles. The van der Waals surface area contributed by atoms with Crippen LogP contribution in [0.3, 0.4) is 0 Å². The van der Waals surface area contributed by atoms with Crippen molar-refractivity contribution in [3.05, 3.63) is 35.6 Å². The SMILES string of the molecule is CSCCOCc1ccccc1F. The van der Waals surface area contributed by atoms with Crippen LogP contribution in [0.5, 0.6) is 0 Å². The standard InChI is InChI=1S/C10H13FOS/c1-13-7-6-12-8-9-4-2-3-5-10(9)11/h2-5H,6-8H2,1H3. The molecule has 0 N–H and O–H groups in total. The summed E-state index contributed by atoms with van der Waals surface area (Å²) in [7, 11) is 0. The predicted octanol–water partition coefficient (Wildman–Crippen LogP) is 2.71. The summed E-state index contributed by atoms with van der Waals surface area (Å²) in [5.41, 5.74) is 0.628. The third-order valence-corrected chi connectivity index (χ3v) is 2.22. The molecular weight excluding hydrogens is 187 g/mol. The molecule has 0 unspecified atom stereocenters. The van der Waals surface area contributed by atoms with Gasteiger partial charge in [0.05, 0.1) is 13.2 Å². The molecule has 0 saturated carbocycles. The molecule has 1 aromatic carbocycles. The molecule has 1 rings (SSSR count).